The number of likely N-dealkylation sites (tertiary alicyclic amines) is 1. The number of hydrogen-bond acceptors (Lipinski definition) is 4. The van der Waals surface area contributed by atoms with Crippen molar-refractivity contribution in [1.29, 1.82) is 0 Å². The highest BCUT2D eigenvalue weighted by molar-refractivity contribution is 5.89. The molecule has 2 heterocycles. The molecule has 7 nitrogen and oxygen atoms in total. The zero-order valence-corrected chi connectivity index (χ0v) is 18.4. The lowest BCUT2D eigenvalue weighted by Gasteiger charge is -2.33. The number of amides is 1. The second kappa shape index (κ2) is 8.50. The highest BCUT2D eigenvalue weighted by Crippen LogP contribution is 2.33. The standard InChI is InChI=1S/C23H31N3O4/c1-15(2)16-6-8-18(9-7-16)26-20(19(14-24-26)21(27)28)17-10-12-25(13-11-17)22(29)30-23(3,4)5/h6-9,14-15,17H,10-13H2,1-5H3,(H,27,28). The van der Waals surface area contributed by atoms with Crippen LogP contribution in [0.2, 0.25) is 0 Å². The Bertz CT molecular complexity index is 902. The molecule has 0 atom stereocenters. The first-order valence-corrected chi connectivity index (χ1v) is 10.5. The maximum absolute atomic E-state index is 12.3. The Kier molecular flexibility index (Phi) is 6.19. The molecule has 1 N–H and O–H groups in total. The van der Waals surface area contributed by atoms with Crippen molar-refractivity contribution in [3.05, 3.63) is 47.3 Å². The minimum Gasteiger partial charge on any atom is -0.478 e. The minimum atomic E-state index is -0.982. The van der Waals surface area contributed by atoms with Gasteiger partial charge >= 0.3 is 12.1 Å². The molecule has 0 saturated carbocycles. The largest absolute Gasteiger partial charge is 0.478 e. The summed E-state index contributed by atoms with van der Waals surface area (Å²) >= 11 is 0. The van der Waals surface area contributed by atoms with E-state index in [9.17, 15) is 14.7 Å². The predicted octanol–water partition coefficient (Wildman–Crippen LogP) is 4.81. The van der Waals surface area contributed by atoms with Crippen LogP contribution < -0.4 is 0 Å². The van der Waals surface area contributed by atoms with Gasteiger partial charge in [0.25, 0.3) is 0 Å². The number of nitrogens with zero attached hydrogens (tertiary/aromatic N) is 3. The highest BCUT2D eigenvalue weighted by atomic mass is 16.6. The predicted molar refractivity (Wildman–Crippen MR) is 114 cm³/mol. The Labute approximate surface area is 177 Å². The van der Waals surface area contributed by atoms with Gasteiger partial charge < -0.3 is 14.7 Å². The Morgan fingerprint density at radius 1 is 1.13 bits per heavy atom. The van der Waals surface area contributed by atoms with Crippen molar-refractivity contribution in [2.75, 3.05) is 13.1 Å². The van der Waals surface area contributed by atoms with E-state index in [2.05, 4.69) is 31.1 Å². The Hall–Kier alpha value is -2.83. The van der Waals surface area contributed by atoms with Crippen LogP contribution in [0.25, 0.3) is 5.69 Å². The van der Waals surface area contributed by atoms with Gasteiger partial charge in [-0.1, -0.05) is 26.0 Å². The van der Waals surface area contributed by atoms with Crippen LogP contribution in [0.4, 0.5) is 4.79 Å². The van der Waals surface area contributed by atoms with Crippen molar-refractivity contribution in [2.45, 2.75) is 64.9 Å². The molecule has 162 valence electrons. The lowest BCUT2D eigenvalue weighted by molar-refractivity contribution is 0.0202. The lowest BCUT2D eigenvalue weighted by Crippen LogP contribution is -2.41. The summed E-state index contributed by atoms with van der Waals surface area (Å²) in [5, 5.41) is 14.1. The summed E-state index contributed by atoms with van der Waals surface area (Å²) in [5.74, 6) is -0.561. The van der Waals surface area contributed by atoms with Crippen LogP contribution in [0.1, 0.15) is 80.9 Å². The van der Waals surface area contributed by atoms with E-state index in [4.69, 9.17) is 4.74 Å². The molecule has 0 unspecified atom stereocenters. The molecule has 30 heavy (non-hydrogen) atoms. The van der Waals surface area contributed by atoms with Crippen LogP contribution in [0, 0.1) is 0 Å². The van der Waals surface area contributed by atoms with Crippen LogP contribution in [0.5, 0.6) is 0 Å². The molecular formula is C23H31N3O4. The number of benzene rings is 1. The number of carboxylic acids is 1. The molecule has 0 bridgehead atoms. The number of piperidine rings is 1. The summed E-state index contributed by atoms with van der Waals surface area (Å²) in [5.41, 5.74) is 2.45. The SMILES string of the molecule is CC(C)c1ccc(-n2ncc(C(=O)O)c2C2CCN(C(=O)OC(C)(C)C)CC2)cc1. The van der Waals surface area contributed by atoms with Gasteiger partial charge in [-0.25, -0.2) is 14.3 Å². The number of carboxylic acid groups (broad SMARTS) is 1. The third kappa shape index (κ3) is 4.83. The number of ether oxygens (including phenoxy) is 1. The van der Waals surface area contributed by atoms with Gasteiger partial charge in [-0.15, -0.1) is 0 Å². The molecular weight excluding hydrogens is 382 g/mol. The normalized spacial score (nSPS) is 15.5. The molecule has 0 spiro atoms. The molecule has 7 heteroatoms. The van der Waals surface area contributed by atoms with Crippen molar-refractivity contribution >= 4 is 12.1 Å². The van der Waals surface area contributed by atoms with Gasteiger partial charge in [0, 0.05) is 19.0 Å². The molecule has 3 rings (SSSR count). The Balaban J connectivity index is 1.83. The van der Waals surface area contributed by atoms with Crippen LogP contribution in [-0.4, -0.2) is 50.5 Å². The summed E-state index contributed by atoms with van der Waals surface area (Å²) in [6.45, 7) is 10.9. The summed E-state index contributed by atoms with van der Waals surface area (Å²) in [6.07, 6.45) is 2.43. The third-order valence-electron chi connectivity index (χ3n) is 5.37. The van der Waals surface area contributed by atoms with Crippen molar-refractivity contribution in [3.63, 3.8) is 0 Å². The smallest absolute Gasteiger partial charge is 0.410 e. The van der Waals surface area contributed by atoms with E-state index in [1.165, 1.54) is 11.8 Å². The minimum absolute atomic E-state index is 0.00191. The molecule has 1 aliphatic heterocycles. The monoisotopic (exact) mass is 413 g/mol. The molecule has 1 amide bonds. The van der Waals surface area contributed by atoms with Crippen LogP contribution in [0.15, 0.2) is 30.5 Å². The molecule has 1 saturated heterocycles. The number of aromatic carboxylic acids is 1. The fourth-order valence-corrected chi connectivity index (χ4v) is 3.78. The molecule has 1 fully saturated rings. The van der Waals surface area contributed by atoms with Crippen molar-refractivity contribution in [3.8, 4) is 5.69 Å². The quantitative estimate of drug-likeness (QED) is 0.778. The Morgan fingerprint density at radius 3 is 2.23 bits per heavy atom. The zero-order valence-electron chi connectivity index (χ0n) is 18.4. The number of aromatic nitrogens is 2. The van der Waals surface area contributed by atoms with E-state index >= 15 is 0 Å². The maximum atomic E-state index is 12.3. The highest BCUT2D eigenvalue weighted by Gasteiger charge is 2.32. The van der Waals surface area contributed by atoms with E-state index in [1.807, 2.05) is 32.9 Å². The maximum Gasteiger partial charge on any atom is 0.410 e. The number of hydrogen-bond donors (Lipinski definition) is 1. The van der Waals surface area contributed by atoms with Gasteiger partial charge in [0.05, 0.1) is 17.6 Å². The summed E-state index contributed by atoms with van der Waals surface area (Å²) in [6, 6.07) is 8.06. The number of carbonyl (C=O) groups is 2. The molecule has 2 aromatic rings. The van der Waals surface area contributed by atoms with Crippen molar-refractivity contribution < 1.29 is 19.4 Å². The fraction of sp³-hybridized carbons (Fsp3) is 0.522. The second-order valence-electron chi connectivity index (χ2n) is 9.15. The van der Waals surface area contributed by atoms with E-state index in [0.717, 1.165) is 5.69 Å². The molecule has 1 aliphatic rings. The van der Waals surface area contributed by atoms with Crippen molar-refractivity contribution in [1.82, 2.24) is 14.7 Å². The first-order valence-electron chi connectivity index (χ1n) is 10.5. The van der Waals surface area contributed by atoms with Gasteiger partial charge in [0.15, 0.2) is 0 Å². The van der Waals surface area contributed by atoms with Crippen LogP contribution in [0.3, 0.4) is 0 Å². The van der Waals surface area contributed by atoms with E-state index < -0.39 is 11.6 Å². The number of rotatable bonds is 4. The topological polar surface area (TPSA) is 84.7 Å². The third-order valence-corrected chi connectivity index (χ3v) is 5.37. The fourth-order valence-electron chi connectivity index (χ4n) is 3.78. The van der Waals surface area contributed by atoms with Gasteiger partial charge in [0.2, 0.25) is 0 Å². The summed E-state index contributed by atoms with van der Waals surface area (Å²) < 4.78 is 7.20. The van der Waals surface area contributed by atoms with Gasteiger partial charge in [-0.2, -0.15) is 5.10 Å². The second-order valence-corrected chi connectivity index (χ2v) is 9.15. The van der Waals surface area contributed by atoms with Gasteiger partial charge in [-0.05, 0) is 57.2 Å². The summed E-state index contributed by atoms with van der Waals surface area (Å²) in [4.78, 5) is 25.9. The first-order chi connectivity index (χ1) is 14.1. The molecule has 1 aromatic carbocycles. The first kappa shape index (κ1) is 21.9. The zero-order chi connectivity index (χ0) is 22.1. The van der Waals surface area contributed by atoms with Crippen LogP contribution >= 0.6 is 0 Å². The lowest BCUT2D eigenvalue weighted by atomic mass is 9.91. The van der Waals surface area contributed by atoms with E-state index in [0.29, 0.717) is 37.5 Å². The number of carbonyl (C=O) groups excluding carboxylic acids is 1. The average molecular weight is 414 g/mol. The summed E-state index contributed by atoms with van der Waals surface area (Å²) in [7, 11) is 0. The average Bonchev–Trinajstić information content (AvgIpc) is 3.12. The van der Waals surface area contributed by atoms with Crippen molar-refractivity contribution in [2.24, 2.45) is 0 Å². The van der Waals surface area contributed by atoms with E-state index in [-0.39, 0.29) is 17.6 Å². The molecule has 0 radical (unpaired) electrons. The molecule has 0 aliphatic carbocycles. The van der Waals surface area contributed by atoms with E-state index in [1.54, 1.807) is 9.58 Å². The molecule has 1 aromatic heterocycles. The Morgan fingerprint density at radius 2 is 1.73 bits per heavy atom. The van der Waals surface area contributed by atoms with Gasteiger partial charge in [-0.3, -0.25) is 0 Å². The van der Waals surface area contributed by atoms with Crippen LogP contribution in [-0.2, 0) is 4.74 Å². The van der Waals surface area contributed by atoms with Gasteiger partial charge in [0.1, 0.15) is 11.2 Å².